The highest BCUT2D eigenvalue weighted by Gasteiger charge is 2.02. The molecule has 0 radical (unpaired) electrons. The van der Waals surface area contributed by atoms with E-state index in [9.17, 15) is 14.9 Å². The summed E-state index contributed by atoms with van der Waals surface area (Å²) in [7, 11) is 0. The molecule has 0 heterocycles. The second-order valence-corrected chi connectivity index (χ2v) is 0.845. The predicted molar refractivity (Wildman–Crippen MR) is 25.2 cm³/mol. The van der Waals surface area contributed by atoms with E-state index in [2.05, 4.69) is 4.84 Å². The van der Waals surface area contributed by atoms with E-state index >= 15 is 0 Å². The molecule has 54 valence electrons. The van der Waals surface area contributed by atoms with E-state index in [0.29, 0.717) is 0 Å². The smallest absolute Gasteiger partial charge is 0.328 e. The Kier molecular flexibility index (Phi) is 5.88. The van der Waals surface area contributed by atoms with Gasteiger partial charge in [0.2, 0.25) is 0 Å². The van der Waals surface area contributed by atoms with Crippen LogP contribution in [-0.4, -0.2) is 22.8 Å². The van der Waals surface area contributed by atoms with Gasteiger partial charge in [-0.2, -0.15) is 0 Å². The van der Waals surface area contributed by atoms with Gasteiger partial charge >= 0.3 is 11.1 Å². The normalized spacial score (nSPS) is 7.22. The van der Waals surface area contributed by atoms with Gasteiger partial charge in [-0.25, -0.2) is 4.84 Å². The van der Waals surface area contributed by atoms with Crippen LogP contribution in [0.4, 0.5) is 0 Å². The molecule has 0 aromatic heterocycles. The molecule has 0 amide bonds. The highest BCUT2D eigenvalue weighted by atomic mass is 17.0. The molecular weight excluding hydrogens is 132 g/mol. The maximum absolute atomic E-state index is 9.71. The Labute approximate surface area is 49.9 Å². The van der Waals surface area contributed by atoms with Crippen LogP contribution >= 0.6 is 0 Å². The highest BCUT2D eigenvalue weighted by Crippen LogP contribution is 1.73. The van der Waals surface area contributed by atoms with Gasteiger partial charge in [0.05, 0.1) is 0 Å². The molecule has 0 aromatic carbocycles. The van der Waals surface area contributed by atoms with Gasteiger partial charge in [-0.15, -0.1) is 10.1 Å². The average molecular weight is 138 g/mol. The Morgan fingerprint density at radius 1 is 1.78 bits per heavy atom. The SMILES string of the molecule is N.O=C(CO)O[N+](=O)[O-]. The van der Waals surface area contributed by atoms with E-state index in [0.717, 1.165) is 0 Å². The summed E-state index contributed by atoms with van der Waals surface area (Å²) in [6, 6.07) is 0. The van der Waals surface area contributed by atoms with Crippen LogP contribution < -0.4 is 6.15 Å². The van der Waals surface area contributed by atoms with Crippen LogP contribution in [0, 0.1) is 10.1 Å². The fraction of sp³-hybridized carbons (Fsp3) is 0.500. The van der Waals surface area contributed by atoms with Gasteiger partial charge in [-0.1, -0.05) is 0 Å². The third kappa shape index (κ3) is 6.79. The Hall–Kier alpha value is -1.21. The molecule has 7 heteroatoms. The number of hydrogen-bond acceptors (Lipinski definition) is 6. The van der Waals surface area contributed by atoms with E-state index in [1.165, 1.54) is 0 Å². The van der Waals surface area contributed by atoms with Crippen molar-refractivity contribution in [3.05, 3.63) is 10.1 Å². The zero-order chi connectivity index (χ0) is 6.57. The van der Waals surface area contributed by atoms with Crippen LogP contribution in [0.5, 0.6) is 0 Å². The Balaban J connectivity index is 0. The van der Waals surface area contributed by atoms with Gasteiger partial charge in [0.1, 0.15) is 6.61 Å². The minimum Gasteiger partial charge on any atom is -0.386 e. The van der Waals surface area contributed by atoms with Crippen LogP contribution in [0.25, 0.3) is 0 Å². The minimum absolute atomic E-state index is 0. The molecule has 0 saturated carbocycles. The van der Waals surface area contributed by atoms with Gasteiger partial charge < -0.3 is 11.3 Å². The van der Waals surface area contributed by atoms with Crippen molar-refractivity contribution in [3.8, 4) is 0 Å². The van der Waals surface area contributed by atoms with Crippen LogP contribution in [0.2, 0.25) is 0 Å². The molecule has 0 aliphatic heterocycles. The molecule has 0 saturated heterocycles. The van der Waals surface area contributed by atoms with E-state index < -0.39 is 17.7 Å². The van der Waals surface area contributed by atoms with Crippen molar-refractivity contribution >= 4 is 5.97 Å². The second-order valence-electron chi connectivity index (χ2n) is 0.845. The van der Waals surface area contributed by atoms with E-state index in [4.69, 9.17) is 5.11 Å². The van der Waals surface area contributed by atoms with Gasteiger partial charge in [-0.05, 0) is 0 Å². The summed E-state index contributed by atoms with van der Waals surface area (Å²) in [6.45, 7) is -0.971. The van der Waals surface area contributed by atoms with Gasteiger partial charge in [-0.3, -0.25) is 4.79 Å². The molecule has 7 nitrogen and oxygen atoms in total. The first-order chi connectivity index (χ1) is 3.66. The second kappa shape index (κ2) is 4.94. The third-order valence-electron chi connectivity index (χ3n) is 0.305. The molecule has 0 atom stereocenters. The molecule has 9 heavy (non-hydrogen) atoms. The van der Waals surface area contributed by atoms with Crippen molar-refractivity contribution in [2.75, 3.05) is 6.61 Å². The lowest BCUT2D eigenvalue weighted by Gasteiger charge is -1.87. The number of aliphatic hydroxyl groups is 1. The van der Waals surface area contributed by atoms with Crippen molar-refractivity contribution in [3.63, 3.8) is 0 Å². The van der Waals surface area contributed by atoms with Crippen molar-refractivity contribution in [1.82, 2.24) is 6.15 Å². The topological polar surface area (TPSA) is 125 Å². The Morgan fingerprint density at radius 3 is 2.33 bits per heavy atom. The average Bonchev–Trinajstić information content (AvgIpc) is 1.65. The molecule has 0 spiro atoms. The van der Waals surface area contributed by atoms with Gasteiger partial charge in [0.15, 0.2) is 0 Å². The minimum atomic E-state index is -1.28. The lowest BCUT2D eigenvalue weighted by Crippen LogP contribution is -2.13. The first kappa shape index (κ1) is 10.7. The Morgan fingerprint density at radius 2 is 2.22 bits per heavy atom. The molecule has 0 aliphatic rings. The summed E-state index contributed by atoms with van der Waals surface area (Å²) < 4.78 is 0. The number of carbonyl (C=O) groups is 1. The zero-order valence-corrected chi connectivity index (χ0v) is 4.44. The van der Waals surface area contributed by atoms with Crippen molar-refractivity contribution in [2.24, 2.45) is 0 Å². The Bertz CT molecular complexity index is 112. The van der Waals surface area contributed by atoms with E-state index in [-0.39, 0.29) is 6.15 Å². The maximum Gasteiger partial charge on any atom is 0.328 e. The van der Waals surface area contributed by atoms with Gasteiger partial charge in [0, 0.05) is 0 Å². The monoisotopic (exact) mass is 138 g/mol. The number of aliphatic hydroxyl groups excluding tert-OH is 1. The van der Waals surface area contributed by atoms with Gasteiger partial charge in [0.25, 0.3) is 0 Å². The molecular formula is C2H6N2O5. The van der Waals surface area contributed by atoms with Crippen LogP contribution in [0.1, 0.15) is 0 Å². The van der Waals surface area contributed by atoms with Crippen molar-refractivity contribution in [1.29, 1.82) is 0 Å². The maximum atomic E-state index is 9.71. The molecule has 0 aliphatic carbocycles. The molecule has 0 fully saturated rings. The lowest BCUT2D eigenvalue weighted by molar-refractivity contribution is -0.729. The van der Waals surface area contributed by atoms with Crippen LogP contribution in [0.3, 0.4) is 0 Å². The third-order valence-corrected chi connectivity index (χ3v) is 0.305. The van der Waals surface area contributed by atoms with E-state index in [1.54, 1.807) is 0 Å². The predicted octanol–water partition coefficient (Wildman–Crippen LogP) is -1.12. The first-order valence-electron chi connectivity index (χ1n) is 1.63. The number of rotatable bonds is 2. The fourth-order valence-electron chi connectivity index (χ4n) is 0.112. The van der Waals surface area contributed by atoms with E-state index in [1.807, 2.05) is 0 Å². The van der Waals surface area contributed by atoms with Crippen LogP contribution in [0.15, 0.2) is 0 Å². The summed E-state index contributed by atoms with van der Waals surface area (Å²) in [5.74, 6) is -1.27. The van der Waals surface area contributed by atoms with Crippen molar-refractivity contribution < 1.29 is 19.8 Å². The summed E-state index contributed by atoms with van der Waals surface area (Å²) in [5.41, 5.74) is 0. The van der Waals surface area contributed by atoms with Crippen LogP contribution in [-0.2, 0) is 9.63 Å². The zero-order valence-electron chi connectivity index (χ0n) is 4.44. The quantitative estimate of drug-likeness (QED) is 0.367. The summed E-state index contributed by atoms with van der Waals surface area (Å²) in [4.78, 5) is 22.2. The number of nitrogens with zero attached hydrogens (tertiary/aromatic N) is 1. The molecule has 0 aromatic rings. The lowest BCUT2D eigenvalue weighted by atomic mass is 10.8. The number of carbonyl (C=O) groups excluding carboxylic acids is 1. The highest BCUT2D eigenvalue weighted by molar-refractivity contribution is 5.69. The molecule has 0 bridgehead atoms. The van der Waals surface area contributed by atoms with Crippen molar-refractivity contribution in [2.45, 2.75) is 0 Å². The fourth-order valence-corrected chi connectivity index (χ4v) is 0.112. The number of hydrogen-bond donors (Lipinski definition) is 2. The summed E-state index contributed by atoms with van der Waals surface area (Å²) >= 11 is 0. The molecule has 0 unspecified atom stereocenters. The molecule has 0 rings (SSSR count). The largest absolute Gasteiger partial charge is 0.386 e. The summed E-state index contributed by atoms with van der Waals surface area (Å²) in [6.07, 6.45) is 0. The standard InChI is InChI=1S/C2H3NO5.H3N/c4-1-2(5)8-3(6)7;/h4H,1H2;1H3. The molecule has 4 N–H and O–H groups in total. The first-order valence-corrected chi connectivity index (χ1v) is 1.63. The summed E-state index contributed by atoms with van der Waals surface area (Å²) in [5, 5.41) is 15.7.